The van der Waals surface area contributed by atoms with Gasteiger partial charge in [-0.25, -0.2) is 9.78 Å². The van der Waals surface area contributed by atoms with Gasteiger partial charge < -0.3 is 14.6 Å². The molecule has 1 saturated heterocycles. The number of likely N-dealkylation sites (tertiary alicyclic amines) is 1. The van der Waals surface area contributed by atoms with E-state index < -0.39 is 23.9 Å². The number of alkyl halides is 6. The molecule has 4 rings (SSSR count). The number of aryl methyl sites for hydroxylation is 1. The zero-order valence-corrected chi connectivity index (χ0v) is 18.6. The summed E-state index contributed by atoms with van der Waals surface area (Å²) in [6.45, 7) is 4.72. The Labute approximate surface area is 196 Å². The number of carboxylic acid groups (broad SMARTS) is 1. The summed E-state index contributed by atoms with van der Waals surface area (Å²) in [6, 6.07) is 4.46. The monoisotopic (exact) mass is 506 g/mol. The predicted octanol–water partition coefficient (Wildman–Crippen LogP) is 4.18. The highest BCUT2D eigenvalue weighted by atomic mass is 19.4. The van der Waals surface area contributed by atoms with Crippen LogP contribution in [-0.2, 0) is 30.6 Å². The minimum atomic E-state index is -5.08. The van der Waals surface area contributed by atoms with Crippen LogP contribution in [0.4, 0.5) is 26.3 Å². The van der Waals surface area contributed by atoms with E-state index in [4.69, 9.17) is 9.90 Å². The van der Waals surface area contributed by atoms with Crippen molar-refractivity contribution < 1.29 is 41.0 Å². The van der Waals surface area contributed by atoms with Crippen LogP contribution in [0.1, 0.15) is 46.6 Å². The van der Waals surface area contributed by atoms with Gasteiger partial charge in [-0.1, -0.05) is 0 Å². The Morgan fingerprint density at radius 3 is 2.06 bits per heavy atom. The minimum Gasteiger partial charge on any atom is -0.475 e. The fourth-order valence-electron chi connectivity index (χ4n) is 3.96. The van der Waals surface area contributed by atoms with E-state index in [1.54, 1.807) is 4.90 Å². The Balaban J connectivity index is 0.000000429. The first-order chi connectivity index (χ1) is 16.4. The molecule has 1 amide bonds. The predicted molar refractivity (Wildman–Crippen MR) is 111 cm³/mol. The maximum absolute atomic E-state index is 12.9. The normalized spacial score (nSPS) is 16.8. The lowest BCUT2D eigenvalue weighted by molar-refractivity contribution is -0.192. The van der Waals surface area contributed by atoms with Gasteiger partial charge in [0.15, 0.2) is 0 Å². The highest BCUT2D eigenvalue weighted by molar-refractivity contribution is 5.94. The number of halogens is 6. The van der Waals surface area contributed by atoms with Gasteiger partial charge in [0.2, 0.25) is 0 Å². The number of nitrogens with zero attached hydrogens (tertiary/aromatic N) is 4. The Hall–Kier alpha value is -3.09. The third-order valence-corrected chi connectivity index (χ3v) is 5.76. The number of benzene rings is 1. The van der Waals surface area contributed by atoms with Crippen molar-refractivity contribution in [2.45, 2.75) is 51.2 Å². The van der Waals surface area contributed by atoms with Crippen molar-refractivity contribution in [1.82, 2.24) is 19.4 Å². The second-order valence-electron chi connectivity index (χ2n) is 8.27. The molecule has 1 fully saturated rings. The average molecular weight is 506 g/mol. The van der Waals surface area contributed by atoms with E-state index in [-0.39, 0.29) is 11.5 Å². The molecule has 2 aliphatic heterocycles. The Morgan fingerprint density at radius 1 is 0.914 bits per heavy atom. The third-order valence-electron chi connectivity index (χ3n) is 5.76. The second-order valence-corrected chi connectivity index (χ2v) is 8.27. The van der Waals surface area contributed by atoms with Crippen molar-refractivity contribution in [3.8, 4) is 0 Å². The molecule has 1 aromatic carbocycles. The number of fused-ring (bicyclic) bond motifs is 1. The van der Waals surface area contributed by atoms with Crippen molar-refractivity contribution >= 4 is 11.9 Å². The highest BCUT2D eigenvalue weighted by Gasteiger charge is 2.38. The number of rotatable bonds is 3. The topological polar surface area (TPSA) is 78.7 Å². The number of aromatic nitrogens is 2. The van der Waals surface area contributed by atoms with Gasteiger partial charge in [-0.3, -0.25) is 9.69 Å². The van der Waals surface area contributed by atoms with Gasteiger partial charge in [0.1, 0.15) is 0 Å². The molecule has 1 N–H and O–H groups in total. The molecule has 0 spiro atoms. The van der Waals surface area contributed by atoms with Crippen molar-refractivity contribution in [1.29, 1.82) is 0 Å². The molecule has 2 aromatic rings. The van der Waals surface area contributed by atoms with Gasteiger partial charge in [-0.05, 0) is 56.6 Å². The molecule has 3 heterocycles. The van der Waals surface area contributed by atoms with Crippen LogP contribution >= 0.6 is 0 Å². The molecule has 35 heavy (non-hydrogen) atoms. The van der Waals surface area contributed by atoms with Gasteiger partial charge in [0.05, 0.1) is 29.8 Å². The molecule has 7 nitrogen and oxygen atoms in total. The zero-order chi connectivity index (χ0) is 25.8. The fourth-order valence-corrected chi connectivity index (χ4v) is 3.96. The first-order valence-corrected chi connectivity index (χ1v) is 10.9. The number of carbonyl (C=O) groups excluding carboxylic acids is 1. The first kappa shape index (κ1) is 26.5. The molecule has 1 aromatic heterocycles. The summed E-state index contributed by atoms with van der Waals surface area (Å²) in [7, 11) is 0. The molecular weight excluding hydrogens is 482 g/mol. The van der Waals surface area contributed by atoms with Crippen LogP contribution in [0.25, 0.3) is 0 Å². The molecule has 192 valence electrons. The second kappa shape index (κ2) is 10.7. The lowest BCUT2D eigenvalue weighted by Crippen LogP contribution is -2.31. The van der Waals surface area contributed by atoms with E-state index in [9.17, 15) is 31.1 Å². The standard InChI is InChI=1S/C20H23F3N4O.C2HF3O2/c21-20(22,23)16-6-4-15(5-7-16)19(28)26-10-3-11-27-14-24-17(18(27)13-26)12-25-8-1-2-9-25;3-2(4,5)1(6)7/h4-7,14H,1-3,8-13H2;(H,6,7). The quantitative estimate of drug-likeness (QED) is 0.633. The van der Waals surface area contributed by atoms with E-state index in [0.717, 1.165) is 56.1 Å². The molecule has 0 atom stereocenters. The van der Waals surface area contributed by atoms with Crippen LogP contribution < -0.4 is 0 Å². The zero-order valence-electron chi connectivity index (χ0n) is 18.6. The number of hydrogen-bond donors (Lipinski definition) is 1. The molecule has 2 aliphatic rings. The van der Waals surface area contributed by atoms with Gasteiger partial charge >= 0.3 is 18.3 Å². The number of carboxylic acids is 1. The SMILES string of the molecule is O=C(O)C(F)(F)F.O=C(c1ccc(C(F)(F)F)cc1)N1CCCn2cnc(CN3CCCC3)c2C1. The number of amides is 1. The van der Waals surface area contributed by atoms with E-state index >= 15 is 0 Å². The smallest absolute Gasteiger partial charge is 0.475 e. The van der Waals surface area contributed by atoms with E-state index in [1.165, 1.54) is 25.0 Å². The Bertz CT molecular complexity index is 1030. The molecule has 0 unspecified atom stereocenters. The summed E-state index contributed by atoms with van der Waals surface area (Å²) in [6.07, 6.45) is -4.45. The lowest BCUT2D eigenvalue weighted by atomic mass is 10.1. The Kier molecular flexibility index (Phi) is 8.08. The number of aliphatic carboxylic acids is 1. The van der Waals surface area contributed by atoms with Gasteiger partial charge in [0, 0.05) is 25.2 Å². The molecule has 0 saturated carbocycles. The van der Waals surface area contributed by atoms with Gasteiger partial charge in [0.25, 0.3) is 5.91 Å². The number of imidazole rings is 1. The highest BCUT2D eigenvalue weighted by Crippen LogP contribution is 2.29. The molecule has 0 aliphatic carbocycles. The van der Waals surface area contributed by atoms with Crippen molar-refractivity contribution in [3.05, 3.63) is 53.1 Å². The van der Waals surface area contributed by atoms with Crippen molar-refractivity contribution in [3.63, 3.8) is 0 Å². The first-order valence-electron chi connectivity index (χ1n) is 10.9. The maximum Gasteiger partial charge on any atom is 0.490 e. The van der Waals surface area contributed by atoms with Crippen LogP contribution in [0.5, 0.6) is 0 Å². The van der Waals surface area contributed by atoms with Crippen LogP contribution in [0.15, 0.2) is 30.6 Å². The van der Waals surface area contributed by atoms with Crippen molar-refractivity contribution in [2.24, 2.45) is 0 Å². The van der Waals surface area contributed by atoms with Crippen LogP contribution in [0.3, 0.4) is 0 Å². The van der Waals surface area contributed by atoms with Crippen LogP contribution in [0.2, 0.25) is 0 Å². The summed E-state index contributed by atoms with van der Waals surface area (Å²) in [4.78, 5) is 30.5. The van der Waals surface area contributed by atoms with E-state index in [0.29, 0.717) is 13.1 Å². The third kappa shape index (κ3) is 6.96. The van der Waals surface area contributed by atoms with Crippen LogP contribution in [-0.4, -0.2) is 62.1 Å². The summed E-state index contributed by atoms with van der Waals surface area (Å²) in [5.41, 5.74) is 1.56. The Morgan fingerprint density at radius 2 is 1.51 bits per heavy atom. The van der Waals surface area contributed by atoms with Crippen LogP contribution in [0, 0.1) is 0 Å². The molecule has 13 heteroatoms. The van der Waals surface area contributed by atoms with Crippen molar-refractivity contribution in [2.75, 3.05) is 19.6 Å². The minimum absolute atomic E-state index is 0.240. The van der Waals surface area contributed by atoms with Gasteiger partial charge in [-0.2, -0.15) is 26.3 Å². The fraction of sp³-hybridized carbons (Fsp3) is 0.500. The molecular formula is C22H24F6N4O3. The van der Waals surface area contributed by atoms with E-state index in [1.807, 2.05) is 6.33 Å². The summed E-state index contributed by atoms with van der Waals surface area (Å²) < 4.78 is 72.1. The molecule has 0 bridgehead atoms. The maximum atomic E-state index is 12.9. The number of hydrogen-bond acceptors (Lipinski definition) is 4. The largest absolute Gasteiger partial charge is 0.490 e. The average Bonchev–Trinajstić information content (AvgIpc) is 3.37. The lowest BCUT2D eigenvalue weighted by Gasteiger charge is -2.22. The van der Waals surface area contributed by atoms with E-state index in [2.05, 4.69) is 14.5 Å². The summed E-state index contributed by atoms with van der Waals surface area (Å²) in [5, 5.41) is 7.12. The number of carbonyl (C=O) groups is 2. The van der Waals surface area contributed by atoms with Gasteiger partial charge in [-0.15, -0.1) is 0 Å². The summed E-state index contributed by atoms with van der Waals surface area (Å²) in [5.74, 6) is -3.00. The molecule has 0 radical (unpaired) electrons. The summed E-state index contributed by atoms with van der Waals surface area (Å²) >= 11 is 0.